The minimum absolute atomic E-state index is 0.0119. The highest BCUT2D eigenvalue weighted by Gasteiger charge is 2.60. The largest absolute Gasteiger partial charge is 0.508 e. The van der Waals surface area contributed by atoms with Gasteiger partial charge in [-0.1, -0.05) is 61.5 Å². The number of nitrogens with zero attached hydrogens (tertiary/aromatic N) is 2. The number of anilines is 2. The Morgan fingerprint density at radius 2 is 1.41 bits per heavy atom. The van der Waals surface area contributed by atoms with E-state index in [-0.39, 0.29) is 74.9 Å². The summed E-state index contributed by atoms with van der Waals surface area (Å²) in [5, 5.41) is 25.7. The van der Waals surface area contributed by atoms with Crippen LogP contribution >= 0.6 is 0 Å². The zero-order valence-corrected chi connectivity index (χ0v) is 36.3. The first-order valence-electron chi connectivity index (χ1n) is 20.0. The minimum atomic E-state index is -2.87. The van der Waals surface area contributed by atoms with E-state index < -0.39 is 52.7 Å². The number of fused-ring (bicyclic) bond motifs is 7. The van der Waals surface area contributed by atoms with Gasteiger partial charge in [0.05, 0.1) is 18.3 Å². The molecule has 0 aliphatic carbocycles. The average Bonchev–Trinajstić information content (AvgIpc) is 3.67. The molecule has 3 atom stereocenters. The van der Waals surface area contributed by atoms with Gasteiger partial charge in [0, 0.05) is 47.1 Å². The Hall–Kier alpha value is -5.05. The third-order valence-electron chi connectivity index (χ3n) is 11.9. The fourth-order valence-corrected chi connectivity index (χ4v) is 20.3. The van der Waals surface area contributed by atoms with Crippen LogP contribution in [0.4, 0.5) is 16.3 Å². The number of aromatic hydroxyl groups is 2. The van der Waals surface area contributed by atoms with Gasteiger partial charge in [-0.25, -0.2) is 14.4 Å². The quantitative estimate of drug-likeness (QED) is 0.104. The molecular weight excluding hydrogens is 793 g/mol. The van der Waals surface area contributed by atoms with Crippen LogP contribution in [-0.4, -0.2) is 67.7 Å². The predicted molar refractivity (Wildman–Crippen MR) is 222 cm³/mol. The normalized spacial score (nSPS) is 22.2. The van der Waals surface area contributed by atoms with Crippen molar-refractivity contribution < 1.29 is 47.0 Å². The summed E-state index contributed by atoms with van der Waals surface area (Å²) in [6.07, 6.45) is 0.503. The number of phenols is 2. The number of benzene rings is 3. The first-order valence-corrected chi connectivity index (χ1v) is 24.0. The van der Waals surface area contributed by atoms with Crippen LogP contribution in [0.1, 0.15) is 95.1 Å². The number of urea groups is 1. The number of carbonyl (C=O) groups is 2. The summed E-state index contributed by atoms with van der Waals surface area (Å²) in [6.45, 7) is 17.6. The Morgan fingerprint density at radius 1 is 0.797 bits per heavy atom. The molecule has 3 aromatic carbocycles. The van der Waals surface area contributed by atoms with E-state index >= 15 is 0 Å². The molecule has 4 aromatic rings. The van der Waals surface area contributed by atoms with Crippen molar-refractivity contribution in [2.45, 2.75) is 108 Å². The summed E-state index contributed by atoms with van der Waals surface area (Å²) in [6, 6.07) is 14.6. The standard InChI is InChI=1S/C42H50N4O11Si2/c1-22(2)58(23(3)4)52-21-36-35(56-59(57-58,24(5)6)25(7)8)20-38(54-36)46-16-15-37(45-41(46)51)44-40(50)43-26-9-12-30-29(17-26)39(49)55-42(30)31-13-10-27(47)18-33(31)53-34-19-28(48)11-14-32(34)42/h9-19,22-25,35-36,38,47-48H,20-21H2,1-8H3,(H2,43,44,45,50,51)/t35-,36+,38+/m0/s1. The number of amides is 2. The van der Waals surface area contributed by atoms with Crippen LogP contribution < -0.4 is 21.1 Å². The zero-order chi connectivity index (χ0) is 42.2. The fraction of sp³-hybridized carbons (Fsp3) is 0.429. The Morgan fingerprint density at radius 3 is 2.00 bits per heavy atom. The maximum absolute atomic E-state index is 13.5. The number of esters is 1. The molecule has 2 fully saturated rings. The van der Waals surface area contributed by atoms with E-state index in [1.54, 1.807) is 24.3 Å². The summed E-state index contributed by atoms with van der Waals surface area (Å²) >= 11 is 0. The van der Waals surface area contributed by atoms with Gasteiger partial charge >= 0.3 is 34.8 Å². The lowest BCUT2D eigenvalue weighted by molar-refractivity contribution is -0.0565. The number of nitrogens with one attached hydrogen (secondary N) is 2. The molecule has 1 aromatic heterocycles. The first-order chi connectivity index (χ1) is 28.0. The monoisotopic (exact) mass is 842 g/mol. The van der Waals surface area contributed by atoms with Gasteiger partial charge < -0.3 is 42.7 Å². The van der Waals surface area contributed by atoms with E-state index in [1.165, 1.54) is 47.2 Å². The van der Waals surface area contributed by atoms with Gasteiger partial charge in [0.2, 0.25) is 0 Å². The highest BCUT2D eigenvalue weighted by atomic mass is 28.5. The van der Waals surface area contributed by atoms with Gasteiger partial charge in [0.15, 0.2) is 5.60 Å². The number of ether oxygens (including phenoxy) is 3. The summed E-state index contributed by atoms with van der Waals surface area (Å²) in [7, 11) is -5.64. The molecule has 4 aliphatic rings. The van der Waals surface area contributed by atoms with E-state index in [4.69, 9.17) is 27.2 Å². The second-order valence-corrected chi connectivity index (χ2v) is 25.7. The van der Waals surface area contributed by atoms with E-state index in [0.717, 1.165) is 0 Å². The van der Waals surface area contributed by atoms with Gasteiger partial charge in [-0.15, -0.1) is 0 Å². The van der Waals surface area contributed by atoms with Crippen molar-refractivity contribution in [2.75, 3.05) is 17.2 Å². The van der Waals surface area contributed by atoms with Gasteiger partial charge in [0.25, 0.3) is 0 Å². The first kappa shape index (κ1) is 40.7. The summed E-state index contributed by atoms with van der Waals surface area (Å²) < 4.78 is 41.2. The van der Waals surface area contributed by atoms with Crippen LogP contribution in [0, 0.1) is 0 Å². The lowest BCUT2D eigenvalue weighted by atomic mass is 9.77. The maximum Gasteiger partial charge on any atom is 0.351 e. The van der Waals surface area contributed by atoms with Crippen LogP contribution in [0.2, 0.25) is 22.2 Å². The van der Waals surface area contributed by atoms with Gasteiger partial charge in [-0.2, -0.15) is 4.98 Å². The number of hydrogen-bond acceptors (Lipinski definition) is 12. The number of aromatic nitrogens is 2. The summed E-state index contributed by atoms with van der Waals surface area (Å²) in [5.41, 5.74) is 0.489. The summed E-state index contributed by atoms with van der Waals surface area (Å²) in [5.74, 6) is -0.244. The molecule has 4 N–H and O–H groups in total. The molecule has 4 aliphatic heterocycles. The van der Waals surface area contributed by atoms with Crippen LogP contribution in [0.15, 0.2) is 71.7 Å². The smallest absolute Gasteiger partial charge is 0.351 e. The molecule has 15 nitrogen and oxygen atoms in total. The van der Waals surface area contributed by atoms with Crippen LogP contribution in [0.3, 0.4) is 0 Å². The number of rotatable bonds is 7. The van der Waals surface area contributed by atoms with Crippen molar-refractivity contribution in [2.24, 2.45) is 0 Å². The fourth-order valence-electron chi connectivity index (χ4n) is 9.07. The van der Waals surface area contributed by atoms with Gasteiger partial charge in [-0.3, -0.25) is 9.88 Å². The molecule has 17 heteroatoms. The number of phenolic OH excluding ortho intramolecular Hbond substituents is 2. The lowest BCUT2D eigenvalue weighted by Gasteiger charge is -2.51. The molecule has 1 spiro atoms. The van der Waals surface area contributed by atoms with Crippen LogP contribution in [0.25, 0.3) is 0 Å². The van der Waals surface area contributed by atoms with Crippen molar-refractivity contribution in [3.8, 4) is 23.0 Å². The molecule has 59 heavy (non-hydrogen) atoms. The highest BCUT2D eigenvalue weighted by Crippen LogP contribution is 2.57. The second-order valence-electron chi connectivity index (χ2n) is 16.9. The molecule has 0 radical (unpaired) electrons. The van der Waals surface area contributed by atoms with E-state index in [0.29, 0.717) is 23.1 Å². The van der Waals surface area contributed by atoms with E-state index in [9.17, 15) is 24.6 Å². The third-order valence-corrected chi connectivity index (χ3v) is 22.2. The maximum atomic E-state index is 13.5. The molecule has 2 amide bonds. The summed E-state index contributed by atoms with van der Waals surface area (Å²) in [4.78, 5) is 44.4. The van der Waals surface area contributed by atoms with Crippen molar-refractivity contribution in [1.29, 1.82) is 0 Å². The van der Waals surface area contributed by atoms with E-state index in [2.05, 4.69) is 71.0 Å². The molecule has 2 saturated heterocycles. The molecule has 0 unspecified atom stereocenters. The topological polar surface area (TPSA) is 189 Å². The molecular formula is C42H50N4O11Si2. The number of hydrogen-bond donors (Lipinski definition) is 4. The second kappa shape index (κ2) is 14.9. The van der Waals surface area contributed by atoms with Crippen molar-refractivity contribution in [3.05, 3.63) is 99.6 Å². The average molecular weight is 843 g/mol. The SMILES string of the molecule is CC(C)[Si]1(C(C)C)OC[C@H]2O[C@@H](n3ccc(NC(=O)Nc4ccc5c(c4)C(=O)OC54c5ccc(O)cc5Oc5cc(O)ccc54)nc3=O)C[C@@H]2O[Si](C(C)C)(C(C)C)O1. The molecule has 312 valence electrons. The van der Waals surface area contributed by atoms with Gasteiger partial charge in [0.1, 0.15) is 41.1 Å². The predicted octanol–water partition coefficient (Wildman–Crippen LogP) is 8.11. The Balaban J connectivity index is 0.997. The Kier molecular flexibility index (Phi) is 10.3. The lowest BCUT2D eigenvalue weighted by Crippen LogP contribution is -2.65. The molecule has 0 bridgehead atoms. The molecule has 0 saturated carbocycles. The van der Waals surface area contributed by atoms with Crippen molar-refractivity contribution >= 4 is 40.6 Å². The Labute approximate surface area is 344 Å². The highest BCUT2D eigenvalue weighted by molar-refractivity contribution is 6.84. The van der Waals surface area contributed by atoms with Crippen molar-refractivity contribution in [3.63, 3.8) is 0 Å². The zero-order valence-electron chi connectivity index (χ0n) is 34.3. The Bertz CT molecular complexity index is 2320. The third kappa shape index (κ3) is 6.73. The number of carbonyl (C=O) groups excluding carboxylic acids is 2. The minimum Gasteiger partial charge on any atom is -0.508 e. The van der Waals surface area contributed by atoms with Crippen LogP contribution in [-0.2, 0) is 28.0 Å². The van der Waals surface area contributed by atoms with Gasteiger partial charge in [-0.05, 0) is 64.6 Å². The molecule has 8 rings (SSSR count). The molecule has 5 heterocycles. The van der Waals surface area contributed by atoms with Crippen LogP contribution in [0.5, 0.6) is 23.0 Å². The van der Waals surface area contributed by atoms with E-state index in [1.807, 2.05) is 0 Å². The van der Waals surface area contributed by atoms with Crippen molar-refractivity contribution in [1.82, 2.24) is 9.55 Å².